The number of hydrogen-bond donors (Lipinski definition) is 0. The second-order valence-corrected chi connectivity index (χ2v) is 7.35. The monoisotopic (exact) mass is 393 g/mol. The smallest absolute Gasteiger partial charge is 0.233 e. The molecule has 6 nitrogen and oxygen atoms in total. The summed E-state index contributed by atoms with van der Waals surface area (Å²) in [7, 11) is 1.83. The largest absolute Gasteiger partial charge is 0.341 e. The number of nitrogens with zero attached hydrogens (tertiary/aromatic N) is 5. The molecule has 0 bridgehead atoms. The van der Waals surface area contributed by atoms with Crippen molar-refractivity contribution in [2.75, 3.05) is 12.8 Å². The van der Waals surface area contributed by atoms with Crippen molar-refractivity contribution in [1.82, 2.24) is 24.6 Å². The van der Waals surface area contributed by atoms with Gasteiger partial charge in [-0.05, 0) is 30.2 Å². The molecule has 0 atom stereocenters. The lowest BCUT2D eigenvalue weighted by Crippen LogP contribution is -2.28. The third-order valence-electron chi connectivity index (χ3n) is 4.39. The van der Waals surface area contributed by atoms with Gasteiger partial charge in [0, 0.05) is 38.1 Å². The fourth-order valence-corrected chi connectivity index (χ4v) is 3.66. The van der Waals surface area contributed by atoms with E-state index < -0.39 is 0 Å². The Hall–Kier alpha value is -2.93. The third-order valence-corrected chi connectivity index (χ3v) is 5.34. The number of aromatic nitrogens is 4. The second-order valence-electron chi connectivity index (χ2n) is 6.41. The van der Waals surface area contributed by atoms with Gasteiger partial charge in [-0.1, -0.05) is 42.1 Å². The number of pyridine rings is 1. The number of carbonyl (C=O) groups excluding carboxylic acids is 1. The molecule has 0 unspecified atom stereocenters. The Labute approximate surface area is 169 Å². The van der Waals surface area contributed by atoms with E-state index in [9.17, 15) is 4.79 Å². The second kappa shape index (κ2) is 9.32. The fourth-order valence-electron chi connectivity index (χ4n) is 2.77. The maximum absolute atomic E-state index is 12.6. The summed E-state index contributed by atoms with van der Waals surface area (Å²) in [6, 6.07) is 11.9. The summed E-state index contributed by atoms with van der Waals surface area (Å²) in [5, 5.41) is 9.27. The van der Waals surface area contributed by atoms with Crippen molar-refractivity contribution in [1.29, 1.82) is 0 Å². The molecule has 1 aromatic carbocycles. The van der Waals surface area contributed by atoms with E-state index in [4.69, 9.17) is 0 Å². The molecule has 0 aliphatic heterocycles. The quantitative estimate of drug-likeness (QED) is 0.432. The van der Waals surface area contributed by atoms with Crippen molar-refractivity contribution in [3.63, 3.8) is 0 Å². The molecule has 0 saturated carbocycles. The molecule has 7 heteroatoms. The molecule has 0 radical (unpaired) electrons. The third kappa shape index (κ3) is 4.67. The van der Waals surface area contributed by atoms with Crippen LogP contribution in [0, 0.1) is 6.92 Å². The molecule has 28 heavy (non-hydrogen) atoms. The molecular weight excluding hydrogens is 370 g/mol. The number of benzene rings is 1. The maximum atomic E-state index is 12.6. The van der Waals surface area contributed by atoms with E-state index in [1.807, 2.05) is 41.9 Å². The zero-order chi connectivity index (χ0) is 19.9. The average molecular weight is 394 g/mol. The van der Waals surface area contributed by atoms with Gasteiger partial charge in [0.2, 0.25) is 5.91 Å². The first-order chi connectivity index (χ1) is 13.6. The number of hydrogen-bond acceptors (Lipinski definition) is 5. The first kappa shape index (κ1) is 19.8. The summed E-state index contributed by atoms with van der Waals surface area (Å²) < 4.78 is 1.96. The Kier molecular flexibility index (Phi) is 6.60. The molecule has 0 saturated heterocycles. The van der Waals surface area contributed by atoms with Gasteiger partial charge in [-0.3, -0.25) is 14.3 Å². The molecule has 0 fully saturated rings. The molecule has 3 aromatic rings. The summed E-state index contributed by atoms with van der Waals surface area (Å²) in [4.78, 5) is 18.4. The Morgan fingerprint density at radius 1 is 1.21 bits per heavy atom. The zero-order valence-corrected chi connectivity index (χ0v) is 16.9. The maximum Gasteiger partial charge on any atom is 0.233 e. The van der Waals surface area contributed by atoms with Gasteiger partial charge in [0.05, 0.1) is 5.75 Å². The van der Waals surface area contributed by atoms with Crippen LogP contribution in [0.25, 0.3) is 11.4 Å². The van der Waals surface area contributed by atoms with E-state index >= 15 is 0 Å². The molecular formula is C21H23N5OS. The van der Waals surface area contributed by atoms with Crippen molar-refractivity contribution < 1.29 is 4.79 Å². The van der Waals surface area contributed by atoms with Gasteiger partial charge in [-0.15, -0.1) is 16.8 Å². The van der Waals surface area contributed by atoms with Crippen LogP contribution in [0.2, 0.25) is 0 Å². The number of aryl methyl sites for hydroxylation is 1. The Bertz CT molecular complexity index is 954. The van der Waals surface area contributed by atoms with E-state index in [1.165, 1.54) is 17.3 Å². The highest BCUT2D eigenvalue weighted by atomic mass is 32.2. The average Bonchev–Trinajstić information content (AvgIpc) is 3.11. The molecule has 0 spiro atoms. The van der Waals surface area contributed by atoms with Gasteiger partial charge in [-0.2, -0.15) is 0 Å². The van der Waals surface area contributed by atoms with Crippen molar-refractivity contribution in [3.8, 4) is 11.4 Å². The van der Waals surface area contributed by atoms with Crippen LogP contribution in [-0.4, -0.2) is 43.4 Å². The minimum Gasteiger partial charge on any atom is -0.341 e. The summed E-state index contributed by atoms with van der Waals surface area (Å²) >= 11 is 1.39. The molecule has 2 heterocycles. The first-order valence-electron chi connectivity index (χ1n) is 8.96. The van der Waals surface area contributed by atoms with Crippen LogP contribution in [-0.2, 0) is 17.9 Å². The Morgan fingerprint density at radius 3 is 2.68 bits per heavy atom. The number of allylic oxidation sites excluding steroid dienone is 1. The van der Waals surface area contributed by atoms with Crippen molar-refractivity contribution in [2.24, 2.45) is 0 Å². The summed E-state index contributed by atoms with van der Waals surface area (Å²) in [5.41, 5.74) is 3.26. The lowest BCUT2D eigenvalue weighted by molar-refractivity contribution is -0.127. The molecule has 1 amide bonds. The van der Waals surface area contributed by atoms with Crippen LogP contribution < -0.4 is 0 Å². The van der Waals surface area contributed by atoms with Gasteiger partial charge in [-0.25, -0.2) is 0 Å². The van der Waals surface area contributed by atoms with E-state index in [-0.39, 0.29) is 5.91 Å². The summed E-state index contributed by atoms with van der Waals surface area (Å²) in [6.07, 6.45) is 5.24. The minimum atomic E-state index is 0.0480. The molecule has 2 aromatic heterocycles. The molecule has 0 N–H and O–H groups in total. The number of thioether (sulfide) groups is 1. The van der Waals surface area contributed by atoms with Crippen LogP contribution in [0.1, 0.15) is 11.1 Å². The lowest BCUT2D eigenvalue weighted by Gasteiger charge is -2.18. The molecule has 3 rings (SSSR count). The van der Waals surface area contributed by atoms with Gasteiger partial charge >= 0.3 is 0 Å². The van der Waals surface area contributed by atoms with E-state index in [2.05, 4.69) is 34.8 Å². The predicted molar refractivity (Wildman–Crippen MR) is 112 cm³/mol. The predicted octanol–water partition coefficient (Wildman–Crippen LogP) is 3.59. The zero-order valence-electron chi connectivity index (χ0n) is 16.1. The van der Waals surface area contributed by atoms with Crippen molar-refractivity contribution in [2.45, 2.75) is 25.2 Å². The fraction of sp³-hybridized carbons (Fsp3) is 0.238. The van der Waals surface area contributed by atoms with Crippen molar-refractivity contribution in [3.05, 3.63) is 72.6 Å². The Balaban J connectivity index is 1.68. The normalized spacial score (nSPS) is 10.6. The SMILES string of the molecule is C=CCn1c(SCC(=O)N(C)Cc2ccccc2C)nnc1-c1ccncc1. The van der Waals surface area contributed by atoms with Crippen molar-refractivity contribution >= 4 is 17.7 Å². The van der Waals surface area contributed by atoms with E-state index in [1.54, 1.807) is 23.4 Å². The standard InChI is InChI=1S/C21H23N5OS/c1-4-13-26-20(17-9-11-22-12-10-17)23-24-21(26)28-15-19(27)25(3)14-18-8-6-5-7-16(18)2/h4-12H,1,13-15H2,2-3H3. The van der Waals surface area contributed by atoms with Gasteiger partial charge in [0.1, 0.15) is 0 Å². The topological polar surface area (TPSA) is 63.9 Å². The first-order valence-corrected chi connectivity index (χ1v) is 9.94. The highest BCUT2D eigenvalue weighted by Crippen LogP contribution is 2.24. The molecule has 0 aliphatic carbocycles. The van der Waals surface area contributed by atoms with E-state index in [0.717, 1.165) is 17.0 Å². The van der Waals surface area contributed by atoms with Gasteiger partial charge in [0.25, 0.3) is 0 Å². The lowest BCUT2D eigenvalue weighted by atomic mass is 10.1. The highest BCUT2D eigenvalue weighted by Gasteiger charge is 2.16. The number of amides is 1. The summed E-state index contributed by atoms with van der Waals surface area (Å²) in [6.45, 7) is 7.03. The number of rotatable bonds is 8. The van der Waals surface area contributed by atoms with Crippen LogP contribution in [0.4, 0.5) is 0 Å². The van der Waals surface area contributed by atoms with Gasteiger partial charge in [0.15, 0.2) is 11.0 Å². The Morgan fingerprint density at radius 2 is 1.96 bits per heavy atom. The van der Waals surface area contributed by atoms with Crippen LogP contribution in [0.3, 0.4) is 0 Å². The van der Waals surface area contributed by atoms with Gasteiger partial charge < -0.3 is 4.90 Å². The van der Waals surface area contributed by atoms with Crippen LogP contribution in [0.15, 0.2) is 66.6 Å². The highest BCUT2D eigenvalue weighted by molar-refractivity contribution is 7.99. The van der Waals surface area contributed by atoms with E-state index in [0.29, 0.717) is 24.0 Å². The minimum absolute atomic E-state index is 0.0480. The molecule has 0 aliphatic rings. The van der Waals surface area contributed by atoms with Crippen LogP contribution in [0.5, 0.6) is 0 Å². The van der Waals surface area contributed by atoms with Crippen LogP contribution >= 0.6 is 11.8 Å². The molecule has 144 valence electrons. The number of carbonyl (C=O) groups is 1. The summed E-state index contributed by atoms with van der Waals surface area (Å²) in [5.74, 6) is 1.09.